The van der Waals surface area contributed by atoms with Gasteiger partial charge in [-0.25, -0.2) is 0 Å². The fourth-order valence-corrected chi connectivity index (χ4v) is 10.4. The molecular formula is C18H24Zr. The van der Waals surface area contributed by atoms with Gasteiger partial charge >= 0.3 is 128 Å². The van der Waals surface area contributed by atoms with Crippen molar-refractivity contribution in [2.45, 2.75) is 32.9 Å². The molecule has 0 bridgehead atoms. The second kappa shape index (κ2) is 5.32. The molecule has 4 aliphatic carbocycles. The minimum atomic E-state index is -0.253. The molecule has 6 atom stereocenters. The zero-order valence-electron chi connectivity index (χ0n) is 13.4. The van der Waals surface area contributed by atoms with Gasteiger partial charge in [-0.1, -0.05) is 0 Å². The maximum Gasteiger partial charge on any atom is -1.00 e. The van der Waals surface area contributed by atoms with Crippen LogP contribution in [0.2, 0.25) is 7.25 Å². The average molecular weight is 332 g/mol. The Labute approximate surface area is 131 Å². The van der Waals surface area contributed by atoms with Crippen molar-refractivity contribution < 1.29 is 26.1 Å². The topological polar surface area (TPSA) is 0 Å². The average Bonchev–Trinajstić information content (AvgIpc) is 3.05. The number of rotatable bonds is 2. The van der Waals surface area contributed by atoms with Crippen LogP contribution in [0.5, 0.6) is 0 Å². The van der Waals surface area contributed by atoms with Gasteiger partial charge in [0.25, 0.3) is 0 Å². The van der Waals surface area contributed by atoms with Crippen LogP contribution in [0, 0.1) is 23.7 Å². The van der Waals surface area contributed by atoms with Crippen molar-refractivity contribution in [3.63, 3.8) is 0 Å². The van der Waals surface area contributed by atoms with Gasteiger partial charge < -0.3 is 2.85 Å². The van der Waals surface area contributed by atoms with E-state index in [4.69, 9.17) is 0 Å². The van der Waals surface area contributed by atoms with Gasteiger partial charge in [0.05, 0.1) is 0 Å². The predicted octanol–water partition coefficient (Wildman–Crippen LogP) is 5.18. The van der Waals surface area contributed by atoms with E-state index in [1.807, 2.05) is 0 Å². The smallest absolute Gasteiger partial charge is 1.00 e. The molecule has 2 fully saturated rings. The SMILES string of the molecule is C1=CC2CC[CH]([Zr+2][CH]3CCC4C=CC=CC43)C2C=C1.[H-].[H-]. The summed E-state index contributed by atoms with van der Waals surface area (Å²) in [6, 6.07) is 0. The van der Waals surface area contributed by atoms with E-state index in [-0.39, 0.29) is 26.1 Å². The summed E-state index contributed by atoms with van der Waals surface area (Å²) in [5, 5.41) is 0. The molecule has 2 saturated carbocycles. The monoisotopic (exact) mass is 330 g/mol. The summed E-state index contributed by atoms with van der Waals surface area (Å²) in [6.45, 7) is 0. The van der Waals surface area contributed by atoms with Gasteiger partial charge in [-0.3, -0.25) is 0 Å². The van der Waals surface area contributed by atoms with Gasteiger partial charge in [-0.2, -0.15) is 0 Å². The Balaban J connectivity index is 0.000000807. The third-order valence-corrected chi connectivity index (χ3v) is 11.0. The van der Waals surface area contributed by atoms with Crippen LogP contribution in [-0.2, 0) is 23.2 Å². The molecule has 0 radical (unpaired) electrons. The summed E-state index contributed by atoms with van der Waals surface area (Å²) in [6.07, 6.45) is 25.2. The number of hydrogen-bond acceptors (Lipinski definition) is 0. The van der Waals surface area contributed by atoms with E-state index in [0.29, 0.717) is 0 Å². The molecule has 0 aromatic heterocycles. The first-order valence-electron chi connectivity index (χ1n) is 7.88. The van der Waals surface area contributed by atoms with Crippen molar-refractivity contribution in [1.82, 2.24) is 0 Å². The molecule has 0 aliphatic heterocycles. The van der Waals surface area contributed by atoms with E-state index >= 15 is 0 Å². The van der Waals surface area contributed by atoms with Crippen LogP contribution in [0.1, 0.15) is 28.5 Å². The third-order valence-electron chi connectivity index (χ3n) is 5.57. The first kappa shape index (κ1) is 12.6. The van der Waals surface area contributed by atoms with Crippen molar-refractivity contribution in [1.29, 1.82) is 0 Å². The van der Waals surface area contributed by atoms with Crippen molar-refractivity contribution in [2.75, 3.05) is 0 Å². The molecular weight excluding hydrogens is 307 g/mol. The fourth-order valence-electron chi connectivity index (χ4n) is 4.58. The number of allylic oxidation sites excluding steroid dienone is 8. The van der Waals surface area contributed by atoms with Crippen LogP contribution in [0.4, 0.5) is 0 Å². The van der Waals surface area contributed by atoms with E-state index in [1.165, 1.54) is 25.7 Å². The second-order valence-electron chi connectivity index (χ2n) is 6.56. The zero-order chi connectivity index (χ0) is 12.7. The Kier molecular flexibility index (Phi) is 3.52. The van der Waals surface area contributed by atoms with Crippen LogP contribution in [0.15, 0.2) is 48.6 Å². The largest absolute Gasteiger partial charge is 1.00 e. The molecule has 4 aliphatic rings. The van der Waals surface area contributed by atoms with Gasteiger partial charge in [-0.15, -0.1) is 0 Å². The second-order valence-corrected chi connectivity index (χ2v) is 11.0. The maximum atomic E-state index is 2.53. The first-order valence-corrected chi connectivity index (χ1v) is 10.7. The minimum Gasteiger partial charge on any atom is -1.00 e. The van der Waals surface area contributed by atoms with Gasteiger partial charge in [0, 0.05) is 0 Å². The van der Waals surface area contributed by atoms with Gasteiger partial charge in [0.1, 0.15) is 0 Å². The van der Waals surface area contributed by atoms with E-state index in [9.17, 15) is 0 Å². The molecule has 0 spiro atoms. The van der Waals surface area contributed by atoms with Crippen LogP contribution in [0.25, 0.3) is 0 Å². The third kappa shape index (κ3) is 2.33. The van der Waals surface area contributed by atoms with Crippen molar-refractivity contribution >= 4 is 0 Å². The van der Waals surface area contributed by atoms with Crippen LogP contribution >= 0.6 is 0 Å². The Morgan fingerprint density at radius 2 is 1.11 bits per heavy atom. The Hall–Kier alpha value is -0.157. The Morgan fingerprint density at radius 1 is 0.632 bits per heavy atom. The molecule has 6 unspecified atom stereocenters. The van der Waals surface area contributed by atoms with Crippen LogP contribution < -0.4 is 0 Å². The molecule has 0 aromatic rings. The Morgan fingerprint density at radius 3 is 1.63 bits per heavy atom. The summed E-state index contributed by atoms with van der Waals surface area (Å²) in [5.74, 6) is 3.65. The summed E-state index contributed by atoms with van der Waals surface area (Å²) < 4.78 is 2.25. The Bertz CT molecular complexity index is 424. The van der Waals surface area contributed by atoms with Gasteiger partial charge in [-0.05, 0) is 0 Å². The molecule has 0 amide bonds. The fraction of sp³-hybridized carbons (Fsp3) is 0.556. The molecule has 0 nitrogen and oxygen atoms in total. The molecule has 0 heterocycles. The standard InChI is InChI=1S/2C9H11.Zr.2H/c2*1-2-5-9-7-3-6-8(9)4-1;;;/h2*1-2,4-6,8-9H,3,7H2;;;/q;;+2;2*-1. The minimum absolute atomic E-state index is 0. The van der Waals surface area contributed by atoms with Crippen LogP contribution in [-0.4, -0.2) is 0 Å². The molecule has 19 heavy (non-hydrogen) atoms. The quantitative estimate of drug-likeness (QED) is 0.654. The van der Waals surface area contributed by atoms with Crippen molar-refractivity contribution in [3.05, 3.63) is 48.6 Å². The zero-order valence-corrected chi connectivity index (χ0v) is 13.9. The normalized spacial score (nSPS) is 46.1. The molecule has 100 valence electrons. The van der Waals surface area contributed by atoms with E-state index in [0.717, 1.165) is 30.9 Å². The molecule has 0 N–H and O–H groups in total. The van der Waals surface area contributed by atoms with E-state index in [1.54, 1.807) is 0 Å². The first-order chi connectivity index (χ1) is 9.42. The number of hydrogen-bond donors (Lipinski definition) is 0. The molecule has 0 saturated heterocycles. The van der Waals surface area contributed by atoms with E-state index in [2.05, 4.69) is 48.6 Å². The maximum absolute atomic E-state index is 2.53. The molecule has 0 aromatic carbocycles. The summed E-state index contributed by atoms with van der Waals surface area (Å²) in [5.41, 5.74) is 0. The number of fused-ring (bicyclic) bond motifs is 2. The van der Waals surface area contributed by atoms with Crippen LogP contribution in [0.3, 0.4) is 0 Å². The summed E-state index contributed by atoms with van der Waals surface area (Å²) in [4.78, 5) is 0. The molecule has 4 rings (SSSR count). The summed E-state index contributed by atoms with van der Waals surface area (Å²) in [7, 11) is 0. The summed E-state index contributed by atoms with van der Waals surface area (Å²) >= 11 is -0.253. The van der Waals surface area contributed by atoms with Gasteiger partial charge in [0.2, 0.25) is 0 Å². The van der Waals surface area contributed by atoms with Crippen molar-refractivity contribution in [2.24, 2.45) is 23.7 Å². The van der Waals surface area contributed by atoms with E-state index < -0.39 is 0 Å². The van der Waals surface area contributed by atoms with Gasteiger partial charge in [0.15, 0.2) is 0 Å². The molecule has 1 heteroatoms. The predicted molar refractivity (Wildman–Crippen MR) is 78.7 cm³/mol. The van der Waals surface area contributed by atoms with Crippen molar-refractivity contribution in [3.8, 4) is 0 Å².